The number of thioether (sulfide) groups is 3. The molecule has 0 aromatic carbocycles. The Morgan fingerprint density at radius 3 is 2.62 bits per heavy atom. The zero-order chi connectivity index (χ0) is 20.7. The minimum Gasteiger partial charge on any atom is -0.477 e. The standard InChI is InChI=1S/C15H15N5O5S4/c16-15-17-6(4-29-15)7(19-25)10(21)18-8-11(22)20-9(13(23)24)5(3-28-12(8)20)14-26-1-2-27-14/h4,8,12,14,25H,1-3H2,(H2,16,17)(H,18,21)(H,23,24)/b19-7-/t8?,12-/m1/s1. The second-order valence-electron chi connectivity index (χ2n) is 6.13. The fourth-order valence-corrected chi connectivity index (χ4v) is 8.30. The second kappa shape index (κ2) is 8.08. The molecule has 2 atom stereocenters. The molecule has 3 aliphatic rings. The molecule has 5 N–H and O–H groups in total. The van der Waals surface area contributed by atoms with Crippen LogP contribution in [0.4, 0.5) is 5.13 Å². The van der Waals surface area contributed by atoms with Crippen LogP contribution in [0.25, 0.3) is 0 Å². The fraction of sp³-hybridized carbons (Fsp3) is 0.400. The molecule has 4 rings (SSSR count). The van der Waals surface area contributed by atoms with Crippen molar-refractivity contribution in [1.82, 2.24) is 15.2 Å². The van der Waals surface area contributed by atoms with Gasteiger partial charge >= 0.3 is 5.97 Å². The lowest BCUT2D eigenvalue weighted by molar-refractivity contribution is -0.150. The number of nitrogens with zero attached hydrogens (tertiary/aromatic N) is 3. The predicted octanol–water partition coefficient (Wildman–Crippen LogP) is 0.448. The van der Waals surface area contributed by atoms with E-state index in [1.54, 1.807) is 23.5 Å². The summed E-state index contributed by atoms with van der Waals surface area (Å²) in [5.41, 5.74) is 6.02. The molecule has 0 saturated carbocycles. The molecule has 29 heavy (non-hydrogen) atoms. The third-order valence-corrected chi connectivity index (χ3v) is 9.58. The minimum atomic E-state index is -1.15. The predicted molar refractivity (Wildman–Crippen MR) is 113 cm³/mol. The number of nitrogens with one attached hydrogen (secondary N) is 1. The van der Waals surface area contributed by atoms with E-state index in [4.69, 9.17) is 5.73 Å². The molecule has 14 heteroatoms. The highest BCUT2D eigenvalue weighted by Crippen LogP contribution is 2.47. The van der Waals surface area contributed by atoms with Gasteiger partial charge in [-0.05, 0) is 5.57 Å². The molecule has 2 saturated heterocycles. The van der Waals surface area contributed by atoms with Gasteiger partial charge in [-0.15, -0.1) is 46.6 Å². The molecule has 3 aliphatic heterocycles. The number of hydrogen-bond acceptors (Lipinski definition) is 11. The minimum absolute atomic E-state index is 0.0134. The number of aliphatic carboxylic acids is 1. The van der Waals surface area contributed by atoms with Crippen molar-refractivity contribution in [3.05, 3.63) is 22.3 Å². The van der Waals surface area contributed by atoms with Crippen LogP contribution < -0.4 is 11.1 Å². The van der Waals surface area contributed by atoms with E-state index in [1.165, 1.54) is 22.0 Å². The number of oxime groups is 1. The van der Waals surface area contributed by atoms with Crippen LogP contribution in [-0.2, 0) is 14.4 Å². The summed E-state index contributed by atoms with van der Waals surface area (Å²) >= 11 is 5.84. The Balaban J connectivity index is 1.52. The van der Waals surface area contributed by atoms with E-state index >= 15 is 0 Å². The van der Waals surface area contributed by atoms with Crippen LogP contribution in [0.2, 0.25) is 0 Å². The summed E-state index contributed by atoms with van der Waals surface area (Å²) in [7, 11) is 0. The average Bonchev–Trinajstić information content (AvgIpc) is 3.37. The molecule has 154 valence electrons. The SMILES string of the molecule is Nc1nc(/C(=N/O)C(=O)NC2C(=O)N3C(C(=O)O)=C(C4SCCS4)CS[C@H]23)cs1. The number of carboxylic acids is 1. The molecule has 0 bridgehead atoms. The number of nitrogens with two attached hydrogens (primary N) is 1. The zero-order valence-corrected chi connectivity index (χ0v) is 17.9. The van der Waals surface area contributed by atoms with Crippen LogP contribution in [-0.4, -0.2) is 76.9 Å². The molecule has 1 unspecified atom stereocenters. The molecule has 10 nitrogen and oxygen atoms in total. The van der Waals surface area contributed by atoms with Crippen molar-refractivity contribution in [2.75, 3.05) is 23.0 Å². The van der Waals surface area contributed by atoms with Crippen LogP contribution >= 0.6 is 46.6 Å². The van der Waals surface area contributed by atoms with Gasteiger partial charge in [-0.25, -0.2) is 9.78 Å². The Kier molecular flexibility index (Phi) is 5.68. The molecular weight excluding hydrogens is 458 g/mol. The highest BCUT2D eigenvalue weighted by atomic mass is 32.2. The van der Waals surface area contributed by atoms with Gasteiger partial charge in [0.2, 0.25) is 0 Å². The third kappa shape index (κ3) is 3.58. The first-order valence-electron chi connectivity index (χ1n) is 8.31. The first-order valence-corrected chi connectivity index (χ1v) is 12.3. The van der Waals surface area contributed by atoms with Crippen molar-refractivity contribution in [2.45, 2.75) is 16.0 Å². The van der Waals surface area contributed by atoms with Gasteiger partial charge in [0.05, 0.1) is 4.58 Å². The monoisotopic (exact) mass is 473 g/mol. The van der Waals surface area contributed by atoms with Crippen molar-refractivity contribution in [1.29, 1.82) is 0 Å². The summed E-state index contributed by atoms with van der Waals surface area (Å²) in [5, 5.41) is 25.5. The first-order chi connectivity index (χ1) is 13.9. The number of hydrogen-bond donors (Lipinski definition) is 4. The van der Waals surface area contributed by atoms with Crippen LogP contribution in [0.1, 0.15) is 5.69 Å². The average molecular weight is 474 g/mol. The summed E-state index contributed by atoms with van der Waals surface area (Å²) in [4.78, 5) is 42.2. The summed E-state index contributed by atoms with van der Waals surface area (Å²) in [6.45, 7) is 0. The van der Waals surface area contributed by atoms with Gasteiger partial charge in [0.25, 0.3) is 11.8 Å². The Morgan fingerprint density at radius 1 is 1.31 bits per heavy atom. The second-order valence-corrected chi connectivity index (χ2v) is 10.9. The van der Waals surface area contributed by atoms with Gasteiger partial charge in [0.15, 0.2) is 10.8 Å². The van der Waals surface area contributed by atoms with E-state index in [-0.39, 0.29) is 26.8 Å². The lowest BCUT2D eigenvalue weighted by Crippen LogP contribution is -2.71. The number of fused-ring (bicyclic) bond motifs is 1. The largest absolute Gasteiger partial charge is 0.477 e. The lowest BCUT2D eigenvalue weighted by atomic mass is 10.0. The highest BCUT2D eigenvalue weighted by molar-refractivity contribution is 8.20. The van der Waals surface area contributed by atoms with Gasteiger partial charge in [0.1, 0.15) is 22.8 Å². The maximum absolute atomic E-state index is 12.7. The van der Waals surface area contributed by atoms with E-state index < -0.39 is 29.2 Å². The van der Waals surface area contributed by atoms with E-state index in [1.807, 2.05) is 0 Å². The number of carbonyl (C=O) groups excluding carboxylic acids is 2. The molecule has 0 radical (unpaired) electrons. The summed E-state index contributed by atoms with van der Waals surface area (Å²) in [6.07, 6.45) is 0. The number of aromatic nitrogens is 1. The van der Waals surface area contributed by atoms with Gasteiger partial charge in [-0.3, -0.25) is 14.5 Å². The number of nitrogen functional groups attached to an aromatic ring is 1. The Hall–Kier alpha value is -1.90. The quantitative estimate of drug-likeness (QED) is 0.205. The van der Waals surface area contributed by atoms with Gasteiger partial charge in [-0.2, -0.15) is 0 Å². The van der Waals surface area contributed by atoms with Crippen LogP contribution in [0.3, 0.4) is 0 Å². The summed E-state index contributed by atoms with van der Waals surface area (Å²) in [5.74, 6) is -0.0877. The Morgan fingerprint density at radius 2 is 2.03 bits per heavy atom. The third-order valence-electron chi connectivity index (χ3n) is 4.47. The molecule has 4 heterocycles. The van der Waals surface area contributed by atoms with Crippen LogP contribution in [0, 0.1) is 0 Å². The van der Waals surface area contributed by atoms with Gasteiger partial charge in [-0.1, -0.05) is 5.16 Å². The number of anilines is 1. The Bertz CT molecular complexity index is 941. The molecule has 1 aromatic rings. The number of amides is 2. The Labute approximate surface area is 181 Å². The summed E-state index contributed by atoms with van der Waals surface area (Å²) in [6, 6.07) is -0.917. The van der Waals surface area contributed by atoms with E-state index in [2.05, 4.69) is 15.5 Å². The topological polar surface area (TPSA) is 158 Å². The van der Waals surface area contributed by atoms with Crippen molar-refractivity contribution in [2.24, 2.45) is 5.16 Å². The zero-order valence-electron chi connectivity index (χ0n) is 14.6. The molecule has 1 aromatic heterocycles. The maximum atomic E-state index is 12.7. The van der Waals surface area contributed by atoms with E-state index in [0.717, 1.165) is 28.4 Å². The van der Waals surface area contributed by atoms with E-state index in [0.29, 0.717) is 5.75 Å². The number of thiazole rings is 1. The number of carboxylic acid groups (broad SMARTS) is 1. The smallest absolute Gasteiger partial charge is 0.352 e. The maximum Gasteiger partial charge on any atom is 0.352 e. The molecule has 0 aliphatic carbocycles. The molecule has 2 fully saturated rings. The first kappa shape index (κ1) is 20.4. The van der Waals surface area contributed by atoms with E-state index in [9.17, 15) is 24.7 Å². The van der Waals surface area contributed by atoms with Gasteiger partial charge in [0, 0.05) is 22.6 Å². The molecule has 0 spiro atoms. The molecule has 2 amide bonds. The highest BCUT2D eigenvalue weighted by Gasteiger charge is 2.55. The number of β-lactam (4-membered cyclic amide) rings is 1. The fourth-order valence-electron chi connectivity index (χ4n) is 3.20. The van der Waals surface area contributed by atoms with Crippen molar-refractivity contribution in [3.63, 3.8) is 0 Å². The van der Waals surface area contributed by atoms with Crippen molar-refractivity contribution < 1.29 is 24.7 Å². The van der Waals surface area contributed by atoms with Crippen molar-refractivity contribution in [3.8, 4) is 0 Å². The van der Waals surface area contributed by atoms with Gasteiger partial charge < -0.3 is 21.4 Å². The lowest BCUT2D eigenvalue weighted by Gasteiger charge is -2.49. The normalized spacial score (nSPS) is 25.0. The number of carbonyl (C=O) groups is 3. The molecular formula is C15H15N5O5S4. The number of rotatable bonds is 5. The van der Waals surface area contributed by atoms with Crippen molar-refractivity contribution >= 4 is 75.2 Å². The summed E-state index contributed by atoms with van der Waals surface area (Å²) < 4.78 is 0.0271. The van der Waals surface area contributed by atoms with Crippen LogP contribution in [0.15, 0.2) is 21.8 Å². The van der Waals surface area contributed by atoms with Crippen LogP contribution in [0.5, 0.6) is 0 Å².